The minimum absolute atomic E-state index is 0.130. The molecule has 1 aliphatic rings. The molecule has 0 unspecified atom stereocenters. The number of rotatable bonds is 7. The van der Waals surface area contributed by atoms with Crippen LogP contribution in [0.15, 0.2) is 89.7 Å². The fourth-order valence-corrected chi connectivity index (χ4v) is 4.43. The Hall–Kier alpha value is -3.71. The molecule has 0 saturated carbocycles. The van der Waals surface area contributed by atoms with Crippen molar-refractivity contribution in [3.63, 3.8) is 0 Å². The van der Waals surface area contributed by atoms with Gasteiger partial charge in [0.15, 0.2) is 5.11 Å². The van der Waals surface area contributed by atoms with Crippen molar-refractivity contribution in [3.05, 3.63) is 102 Å². The van der Waals surface area contributed by atoms with Gasteiger partial charge in [0.2, 0.25) is 0 Å². The Bertz CT molecular complexity index is 1210. The van der Waals surface area contributed by atoms with Crippen molar-refractivity contribution in [1.82, 2.24) is 20.2 Å². The maximum absolute atomic E-state index is 6.40. The lowest BCUT2D eigenvalue weighted by atomic mass is 10.0. The first-order valence-electron chi connectivity index (χ1n) is 10.9. The van der Waals surface area contributed by atoms with Crippen molar-refractivity contribution in [2.24, 2.45) is 0 Å². The van der Waals surface area contributed by atoms with Gasteiger partial charge in [-0.2, -0.15) is 0 Å². The lowest BCUT2D eigenvalue weighted by molar-refractivity contribution is 0.269. The van der Waals surface area contributed by atoms with Gasteiger partial charge in [0.1, 0.15) is 23.3 Å². The number of thiocarbonyl (C=S) groups is 1. The summed E-state index contributed by atoms with van der Waals surface area (Å²) in [5.41, 5.74) is 2.98. The average molecular weight is 457 g/mol. The number of ether oxygens (including phenoxy) is 1. The highest BCUT2D eigenvalue weighted by atomic mass is 32.1. The Labute approximate surface area is 198 Å². The van der Waals surface area contributed by atoms with E-state index < -0.39 is 0 Å². The molecule has 3 aromatic heterocycles. The quantitative estimate of drug-likeness (QED) is 0.378. The van der Waals surface area contributed by atoms with Crippen molar-refractivity contribution < 1.29 is 9.15 Å². The molecule has 0 spiro atoms. The van der Waals surface area contributed by atoms with E-state index in [0.717, 1.165) is 34.1 Å². The SMILES string of the molecule is CCOc1ccc(-c2ccc([C@@H]3[C@H](c4ccccn4)NC(=S)N3Cc3cccnc3)o2)cc1. The van der Waals surface area contributed by atoms with Gasteiger partial charge < -0.3 is 19.4 Å². The Morgan fingerprint density at radius 3 is 2.64 bits per heavy atom. The molecule has 2 atom stereocenters. The van der Waals surface area contributed by atoms with Gasteiger partial charge in [-0.3, -0.25) is 9.97 Å². The summed E-state index contributed by atoms with van der Waals surface area (Å²) in [5.74, 6) is 2.47. The van der Waals surface area contributed by atoms with Crippen LogP contribution < -0.4 is 10.1 Å². The van der Waals surface area contributed by atoms with E-state index in [1.54, 1.807) is 12.4 Å². The summed E-state index contributed by atoms with van der Waals surface area (Å²) < 4.78 is 12.0. The first-order chi connectivity index (χ1) is 16.2. The molecule has 1 fully saturated rings. The lowest BCUT2D eigenvalue weighted by Gasteiger charge is -2.26. The number of furan rings is 1. The van der Waals surface area contributed by atoms with Gasteiger partial charge >= 0.3 is 0 Å². The standard InChI is InChI=1S/C26H24N4O2S/c1-2-31-20-10-8-19(9-11-20)22-12-13-23(32-22)25-24(21-7-3-4-15-28-21)29-26(33)30(25)17-18-6-5-14-27-16-18/h3-16,24-25H,2,17H2,1H3,(H,29,33)/t24-,25+/m0/s1. The fraction of sp³-hybridized carbons (Fsp3) is 0.192. The molecule has 4 heterocycles. The molecule has 1 saturated heterocycles. The van der Waals surface area contributed by atoms with Gasteiger partial charge in [-0.15, -0.1) is 0 Å². The van der Waals surface area contributed by atoms with Gasteiger partial charge in [0.25, 0.3) is 0 Å². The highest BCUT2D eigenvalue weighted by molar-refractivity contribution is 7.80. The topological polar surface area (TPSA) is 63.4 Å². The molecule has 166 valence electrons. The van der Waals surface area contributed by atoms with Crippen molar-refractivity contribution in [2.45, 2.75) is 25.6 Å². The van der Waals surface area contributed by atoms with E-state index in [4.69, 9.17) is 21.4 Å². The van der Waals surface area contributed by atoms with Crippen LogP contribution in [0.3, 0.4) is 0 Å². The fourth-order valence-electron chi connectivity index (χ4n) is 4.12. The molecule has 5 rings (SSSR count). The molecule has 1 aliphatic heterocycles. The Morgan fingerprint density at radius 1 is 1.03 bits per heavy atom. The number of hydrogen-bond acceptors (Lipinski definition) is 5. The van der Waals surface area contributed by atoms with Crippen molar-refractivity contribution in [1.29, 1.82) is 0 Å². The van der Waals surface area contributed by atoms with Crippen LogP contribution in [0.5, 0.6) is 5.75 Å². The second-order valence-corrected chi connectivity index (χ2v) is 8.16. The molecule has 4 aromatic rings. The molecule has 0 radical (unpaired) electrons. The van der Waals surface area contributed by atoms with Gasteiger partial charge in [-0.25, -0.2) is 0 Å². The zero-order chi connectivity index (χ0) is 22.6. The van der Waals surface area contributed by atoms with E-state index in [1.807, 2.05) is 79.9 Å². The van der Waals surface area contributed by atoms with Gasteiger partial charge in [0.05, 0.1) is 18.3 Å². The third-order valence-electron chi connectivity index (χ3n) is 5.64. The van der Waals surface area contributed by atoms with Gasteiger partial charge in [-0.05, 0) is 79.3 Å². The largest absolute Gasteiger partial charge is 0.494 e. The Morgan fingerprint density at radius 2 is 1.91 bits per heavy atom. The van der Waals surface area contributed by atoms with Crippen LogP contribution in [0.4, 0.5) is 0 Å². The van der Waals surface area contributed by atoms with E-state index in [9.17, 15) is 0 Å². The van der Waals surface area contributed by atoms with Crippen LogP contribution in [0.2, 0.25) is 0 Å². The Kier molecular flexibility index (Phi) is 6.04. The van der Waals surface area contributed by atoms with E-state index in [1.165, 1.54) is 0 Å². The molecular weight excluding hydrogens is 432 g/mol. The van der Waals surface area contributed by atoms with Crippen LogP contribution in [0.25, 0.3) is 11.3 Å². The summed E-state index contributed by atoms with van der Waals surface area (Å²) in [6, 6.07) is 21.6. The van der Waals surface area contributed by atoms with Gasteiger partial charge in [-0.1, -0.05) is 12.1 Å². The molecule has 0 aliphatic carbocycles. The highest BCUT2D eigenvalue weighted by Gasteiger charge is 2.41. The maximum atomic E-state index is 6.40. The molecule has 0 amide bonds. The molecule has 1 N–H and O–H groups in total. The van der Waals surface area contributed by atoms with E-state index >= 15 is 0 Å². The van der Waals surface area contributed by atoms with Crippen LogP contribution in [-0.2, 0) is 6.54 Å². The summed E-state index contributed by atoms with van der Waals surface area (Å²) in [7, 11) is 0. The minimum atomic E-state index is -0.149. The number of aromatic nitrogens is 2. The monoisotopic (exact) mass is 456 g/mol. The number of nitrogens with one attached hydrogen (secondary N) is 1. The second kappa shape index (κ2) is 9.42. The smallest absolute Gasteiger partial charge is 0.170 e. The predicted molar refractivity (Wildman–Crippen MR) is 131 cm³/mol. The molecular formula is C26H24N4O2S. The zero-order valence-electron chi connectivity index (χ0n) is 18.2. The van der Waals surface area contributed by atoms with E-state index in [0.29, 0.717) is 18.3 Å². The second-order valence-electron chi connectivity index (χ2n) is 7.78. The van der Waals surface area contributed by atoms with Gasteiger partial charge in [0, 0.05) is 30.7 Å². The maximum Gasteiger partial charge on any atom is 0.170 e. The zero-order valence-corrected chi connectivity index (χ0v) is 19.0. The number of hydrogen-bond donors (Lipinski definition) is 1. The third-order valence-corrected chi connectivity index (χ3v) is 5.99. The normalized spacial score (nSPS) is 17.7. The van der Waals surface area contributed by atoms with Crippen molar-refractivity contribution >= 4 is 17.3 Å². The van der Waals surface area contributed by atoms with Crippen LogP contribution >= 0.6 is 12.2 Å². The minimum Gasteiger partial charge on any atom is -0.494 e. The summed E-state index contributed by atoms with van der Waals surface area (Å²) in [6.07, 6.45) is 5.43. The summed E-state index contributed by atoms with van der Waals surface area (Å²) in [6.45, 7) is 3.23. The average Bonchev–Trinajstić information content (AvgIpc) is 3.46. The lowest BCUT2D eigenvalue weighted by Crippen LogP contribution is -2.29. The number of nitrogens with zero attached hydrogens (tertiary/aromatic N) is 3. The highest BCUT2D eigenvalue weighted by Crippen LogP contribution is 2.41. The summed E-state index contributed by atoms with van der Waals surface area (Å²) in [4.78, 5) is 11.0. The molecule has 7 heteroatoms. The number of benzene rings is 1. The van der Waals surface area contributed by atoms with E-state index in [-0.39, 0.29) is 12.1 Å². The van der Waals surface area contributed by atoms with Crippen molar-refractivity contribution in [2.75, 3.05) is 6.61 Å². The molecule has 6 nitrogen and oxygen atoms in total. The Balaban J connectivity index is 1.49. The molecule has 0 bridgehead atoms. The number of pyridine rings is 2. The first kappa shape index (κ1) is 21.2. The van der Waals surface area contributed by atoms with Crippen molar-refractivity contribution in [3.8, 4) is 17.1 Å². The van der Waals surface area contributed by atoms with Crippen LogP contribution in [0, 0.1) is 0 Å². The van der Waals surface area contributed by atoms with Crippen LogP contribution in [0.1, 0.15) is 36.0 Å². The first-order valence-corrected chi connectivity index (χ1v) is 11.3. The third kappa shape index (κ3) is 4.45. The summed E-state index contributed by atoms with van der Waals surface area (Å²) in [5, 5.41) is 4.12. The van der Waals surface area contributed by atoms with Crippen LogP contribution in [-0.4, -0.2) is 26.6 Å². The molecule has 33 heavy (non-hydrogen) atoms. The summed E-state index contributed by atoms with van der Waals surface area (Å²) >= 11 is 5.74. The predicted octanol–water partition coefficient (Wildman–Crippen LogP) is 5.31. The molecule has 1 aromatic carbocycles. The van der Waals surface area contributed by atoms with E-state index in [2.05, 4.69) is 20.2 Å².